The summed E-state index contributed by atoms with van der Waals surface area (Å²) in [6.07, 6.45) is 3.02. The van der Waals surface area contributed by atoms with Crippen molar-refractivity contribution >= 4 is 5.91 Å². The zero-order valence-corrected chi connectivity index (χ0v) is 14.9. The van der Waals surface area contributed by atoms with E-state index in [4.69, 9.17) is 5.73 Å². The molecule has 1 aromatic carbocycles. The number of amides is 1. The molecule has 0 saturated heterocycles. The summed E-state index contributed by atoms with van der Waals surface area (Å²) in [4.78, 5) is 12.2. The predicted octanol–water partition coefficient (Wildman–Crippen LogP) is 2.43. The molecule has 0 heterocycles. The minimum atomic E-state index is -0.103. The first kappa shape index (κ1) is 19.7. The molecule has 4 nitrogen and oxygen atoms in total. The highest BCUT2D eigenvalue weighted by Crippen LogP contribution is 2.17. The molecule has 0 bridgehead atoms. The van der Waals surface area contributed by atoms with E-state index in [1.807, 2.05) is 6.92 Å². The molecule has 1 aromatic rings. The van der Waals surface area contributed by atoms with Crippen molar-refractivity contribution in [3.63, 3.8) is 0 Å². The minimum absolute atomic E-state index is 0.101. The molecule has 0 aliphatic carbocycles. The van der Waals surface area contributed by atoms with E-state index in [1.54, 1.807) is 0 Å². The van der Waals surface area contributed by atoms with Crippen molar-refractivity contribution < 1.29 is 4.79 Å². The van der Waals surface area contributed by atoms with Crippen LogP contribution in [-0.2, 0) is 11.2 Å². The van der Waals surface area contributed by atoms with Crippen molar-refractivity contribution in [1.82, 2.24) is 10.6 Å². The lowest BCUT2D eigenvalue weighted by Crippen LogP contribution is -2.31. The Kier molecular flexibility index (Phi) is 9.57. The highest BCUT2D eigenvalue weighted by atomic mass is 16.1. The van der Waals surface area contributed by atoms with Gasteiger partial charge in [-0.25, -0.2) is 0 Å². The van der Waals surface area contributed by atoms with Gasteiger partial charge in [0.25, 0.3) is 0 Å². The maximum absolute atomic E-state index is 12.2. The highest BCUT2D eigenvalue weighted by Gasteiger charge is 2.14. The van der Waals surface area contributed by atoms with Gasteiger partial charge < -0.3 is 16.4 Å². The van der Waals surface area contributed by atoms with Crippen LogP contribution in [0, 0.1) is 5.92 Å². The average molecular weight is 319 g/mol. The summed E-state index contributed by atoms with van der Waals surface area (Å²) in [5.41, 5.74) is 7.85. The molecule has 1 rings (SSSR count). The summed E-state index contributed by atoms with van der Waals surface area (Å²) in [7, 11) is 0. The number of benzene rings is 1. The zero-order valence-electron chi connectivity index (χ0n) is 14.9. The molecule has 0 spiro atoms. The van der Waals surface area contributed by atoms with Crippen LogP contribution in [0.15, 0.2) is 24.3 Å². The molecule has 0 aromatic heterocycles. The van der Waals surface area contributed by atoms with Crippen molar-refractivity contribution in [1.29, 1.82) is 0 Å². The number of hydrogen-bond acceptors (Lipinski definition) is 3. The monoisotopic (exact) mass is 319 g/mol. The van der Waals surface area contributed by atoms with Gasteiger partial charge in [-0.15, -0.1) is 0 Å². The van der Waals surface area contributed by atoms with Crippen LogP contribution in [0.25, 0.3) is 0 Å². The molecular weight excluding hydrogens is 286 g/mol. The summed E-state index contributed by atoms with van der Waals surface area (Å²) >= 11 is 0. The van der Waals surface area contributed by atoms with Crippen LogP contribution in [0.5, 0.6) is 0 Å². The first-order chi connectivity index (χ1) is 11.0. The Hall–Kier alpha value is -1.39. The van der Waals surface area contributed by atoms with Crippen LogP contribution in [0.3, 0.4) is 0 Å². The van der Waals surface area contributed by atoms with Crippen LogP contribution in [0.2, 0.25) is 0 Å². The van der Waals surface area contributed by atoms with E-state index in [9.17, 15) is 4.79 Å². The SMILES string of the molecule is CC(C)Cc1ccc(C(C)C(=O)NCCCNCCCN)cc1. The van der Waals surface area contributed by atoms with Crippen LogP contribution < -0.4 is 16.4 Å². The van der Waals surface area contributed by atoms with Gasteiger partial charge in [-0.2, -0.15) is 0 Å². The molecule has 4 heteroatoms. The number of carbonyl (C=O) groups is 1. The van der Waals surface area contributed by atoms with Gasteiger partial charge in [0.1, 0.15) is 0 Å². The van der Waals surface area contributed by atoms with E-state index >= 15 is 0 Å². The number of rotatable bonds is 11. The van der Waals surface area contributed by atoms with Crippen LogP contribution in [-0.4, -0.2) is 32.1 Å². The third-order valence-electron chi connectivity index (χ3n) is 3.90. The summed E-state index contributed by atoms with van der Waals surface area (Å²) in [6.45, 7) is 9.69. The van der Waals surface area contributed by atoms with Crippen LogP contribution in [0.1, 0.15) is 50.7 Å². The molecule has 23 heavy (non-hydrogen) atoms. The van der Waals surface area contributed by atoms with Gasteiger partial charge in [0.2, 0.25) is 5.91 Å². The van der Waals surface area contributed by atoms with Gasteiger partial charge in [0, 0.05) is 6.54 Å². The molecule has 130 valence electrons. The standard InChI is InChI=1S/C19H33N3O/c1-15(2)14-17-6-8-18(9-7-17)16(3)19(23)22-13-5-12-21-11-4-10-20/h6-9,15-16,21H,4-5,10-14,20H2,1-3H3,(H,22,23). The highest BCUT2D eigenvalue weighted by molar-refractivity contribution is 5.83. The molecule has 1 atom stereocenters. The van der Waals surface area contributed by atoms with Gasteiger partial charge in [0.15, 0.2) is 0 Å². The van der Waals surface area contributed by atoms with Gasteiger partial charge in [0.05, 0.1) is 5.92 Å². The van der Waals surface area contributed by atoms with Gasteiger partial charge in [-0.05, 0) is 62.9 Å². The number of hydrogen-bond donors (Lipinski definition) is 3. The van der Waals surface area contributed by atoms with E-state index in [2.05, 4.69) is 48.7 Å². The third-order valence-corrected chi connectivity index (χ3v) is 3.90. The van der Waals surface area contributed by atoms with Crippen molar-refractivity contribution in [2.45, 2.75) is 46.0 Å². The lowest BCUT2D eigenvalue weighted by molar-refractivity contribution is -0.122. The molecule has 1 amide bonds. The van der Waals surface area contributed by atoms with E-state index in [-0.39, 0.29) is 11.8 Å². The fourth-order valence-corrected chi connectivity index (χ4v) is 2.50. The van der Waals surface area contributed by atoms with Crippen molar-refractivity contribution in [2.24, 2.45) is 11.7 Å². The second kappa shape index (κ2) is 11.2. The normalized spacial score (nSPS) is 12.4. The Bertz CT molecular complexity index is 442. The van der Waals surface area contributed by atoms with E-state index < -0.39 is 0 Å². The minimum Gasteiger partial charge on any atom is -0.356 e. The lowest BCUT2D eigenvalue weighted by Gasteiger charge is -2.14. The van der Waals surface area contributed by atoms with E-state index in [0.29, 0.717) is 12.5 Å². The largest absolute Gasteiger partial charge is 0.356 e. The Morgan fingerprint density at radius 3 is 2.30 bits per heavy atom. The summed E-state index contributed by atoms with van der Waals surface area (Å²) in [5, 5.41) is 6.33. The van der Waals surface area contributed by atoms with Gasteiger partial charge >= 0.3 is 0 Å². The molecule has 4 N–H and O–H groups in total. The van der Waals surface area contributed by atoms with Crippen LogP contribution in [0.4, 0.5) is 0 Å². The summed E-state index contributed by atoms with van der Waals surface area (Å²) in [5.74, 6) is 0.650. The lowest BCUT2D eigenvalue weighted by atomic mass is 9.96. The van der Waals surface area contributed by atoms with Crippen molar-refractivity contribution in [3.8, 4) is 0 Å². The van der Waals surface area contributed by atoms with Gasteiger partial charge in [-0.3, -0.25) is 4.79 Å². The number of carbonyl (C=O) groups excluding carboxylic acids is 1. The van der Waals surface area contributed by atoms with E-state index in [1.165, 1.54) is 5.56 Å². The molecule has 1 unspecified atom stereocenters. The Morgan fingerprint density at radius 2 is 1.70 bits per heavy atom. The first-order valence-electron chi connectivity index (χ1n) is 8.82. The number of nitrogens with two attached hydrogens (primary N) is 1. The van der Waals surface area contributed by atoms with Gasteiger partial charge in [-0.1, -0.05) is 38.1 Å². The molecule has 0 aliphatic heterocycles. The Morgan fingerprint density at radius 1 is 1.04 bits per heavy atom. The topological polar surface area (TPSA) is 67.2 Å². The smallest absolute Gasteiger partial charge is 0.227 e. The maximum Gasteiger partial charge on any atom is 0.227 e. The maximum atomic E-state index is 12.2. The fraction of sp³-hybridized carbons (Fsp3) is 0.632. The van der Waals surface area contributed by atoms with Crippen LogP contribution >= 0.6 is 0 Å². The second-order valence-corrected chi connectivity index (χ2v) is 6.60. The molecule has 0 saturated carbocycles. The molecule has 0 radical (unpaired) electrons. The quantitative estimate of drug-likeness (QED) is 0.549. The average Bonchev–Trinajstić information content (AvgIpc) is 2.53. The fourth-order valence-electron chi connectivity index (χ4n) is 2.50. The van der Waals surface area contributed by atoms with E-state index in [0.717, 1.165) is 44.5 Å². The first-order valence-corrected chi connectivity index (χ1v) is 8.82. The summed E-state index contributed by atoms with van der Waals surface area (Å²) in [6, 6.07) is 8.44. The zero-order chi connectivity index (χ0) is 17.1. The third kappa shape index (κ3) is 8.14. The van der Waals surface area contributed by atoms with Crippen molar-refractivity contribution in [3.05, 3.63) is 35.4 Å². The molecule has 0 fully saturated rings. The predicted molar refractivity (Wildman–Crippen MR) is 97.6 cm³/mol. The Balaban J connectivity index is 2.30. The molecular formula is C19H33N3O. The Labute approximate surface area is 141 Å². The summed E-state index contributed by atoms with van der Waals surface area (Å²) < 4.78 is 0. The molecule has 0 aliphatic rings. The second-order valence-electron chi connectivity index (χ2n) is 6.60. The number of nitrogens with one attached hydrogen (secondary N) is 2. The van der Waals surface area contributed by atoms with Crippen molar-refractivity contribution in [2.75, 3.05) is 26.2 Å².